The van der Waals surface area contributed by atoms with Gasteiger partial charge in [-0.15, -0.1) is 0 Å². The molecule has 0 aliphatic rings. The van der Waals surface area contributed by atoms with Crippen LogP contribution in [0.4, 0.5) is 5.69 Å². The fraction of sp³-hybridized carbons (Fsp3) is 0.643. The van der Waals surface area contributed by atoms with Crippen molar-refractivity contribution in [2.24, 2.45) is 0 Å². The van der Waals surface area contributed by atoms with Gasteiger partial charge in [-0.25, -0.2) is 14.8 Å². The van der Waals surface area contributed by atoms with Crippen molar-refractivity contribution in [1.29, 1.82) is 0 Å². The van der Waals surface area contributed by atoms with Gasteiger partial charge in [-0.3, -0.25) is 0 Å². The van der Waals surface area contributed by atoms with Gasteiger partial charge < -0.3 is 10.0 Å². The predicted octanol–water partition coefficient (Wildman–Crippen LogP) is 2.92. The van der Waals surface area contributed by atoms with E-state index < -0.39 is 5.97 Å². The van der Waals surface area contributed by atoms with E-state index >= 15 is 0 Å². The molecule has 0 saturated heterocycles. The molecule has 0 fully saturated rings. The van der Waals surface area contributed by atoms with Crippen LogP contribution in [0.5, 0.6) is 0 Å². The van der Waals surface area contributed by atoms with Crippen LogP contribution in [-0.2, 0) is 0 Å². The lowest BCUT2D eigenvalue weighted by atomic mass is 10.1. The summed E-state index contributed by atoms with van der Waals surface area (Å²) >= 11 is 0. The SMILES string of the molecule is CCC(CC)N(C)c1cnc(C(C)C)nc1C(=O)O. The Kier molecular flexibility index (Phi) is 5.27. The zero-order chi connectivity index (χ0) is 14.6. The summed E-state index contributed by atoms with van der Waals surface area (Å²) in [6.07, 6.45) is 3.54. The molecule has 0 radical (unpaired) electrons. The minimum atomic E-state index is -1.00. The first-order valence-corrected chi connectivity index (χ1v) is 6.75. The molecule has 0 atom stereocenters. The van der Waals surface area contributed by atoms with Crippen LogP contribution in [0.2, 0.25) is 0 Å². The summed E-state index contributed by atoms with van der Waals surface area (Å²) in [5.74, 6) is -0.318. The van der Waals surface area contributed by atoms with Crippen LogP contribution in [-0.4, -0.2) is 34.1 Å². The average Bonchev–Trinajstić information content (AvgIpc) is 2.39. The van der Waals surface area contributed by atoms with E-state index in [2.05, 4.69) is 23.8 Å². The van der Waals surface area contributed by atoms with Crippen molar-refractivity contribution >= 4 is 11.7 Å². The molecule has 0 aromatic carbocycles. The topological polar surface area (TPSA) is 66.3 Å². The molecule has 1 N–H and O–H groups in total. The average molecular weight is 265 g/mol. The van der Waals surface area contributed by atoms with E-state index in [1.807, 2.05) is 25.8 Å². The van der Waals surface area contributed by atoms with E-state index in [1.165, 1.54) is 0 Å². The fourth-order valence-corrected chi connectivity index (χ4v) is 2.12. The maximum atomic E-state index is 11.4. The summed E-state index contributed by atoms with van der Waals surface area (Å²) in [5, 5.41) is 9.33. The number of aromatic nitrogens is 2. The second-order valence-electron chi connectivity index (χ2n) is 5.00. The van der Waals surface area contributed by atoms with Crippen LogP contribution >= 0.6 is 0 Å². The quantitative estimate of drug-likeness (QED) is 0.856. The molecule has 5 nitrogen and oxygen atoms in total. The van der Waals surface area contributed by atoms with Crippen molar-refractivity contribution in [2.45, 2.75) is 52.5 Å². The molecule has 1 rings (SSSR count). The van der Waals surface area contributed by atoms with E-state index in [0.717, 1.165) is 12.8 Å². The molecule has 106 valence electrons. The Bertz CT molecular complexity index is 442. The lowest BCUT2D eigenvalue weighted by Gasteiger charge is -2.29. The number of anilines is 1. The van der Waals surface area contributed by atoms with Gasteiger partial charge in [0.15, 0.2) is 5.69 Å². The standard InChI is InChI=1S/C14H23N3O2/c1-6-10(7-2)17(5)11-8-15-13(9(3)4)16-12(11)14(18)19/h8-10H,6-7H2,1-5H3,(H,18,19). The third kappa shape index (κ3) is 3.43. The number of carboxylic acid groups (broad SMARTS) is 1. The highest BCUT2D eigenvalue weighted by atomic mass is 16.4. The molecule has 0 unspecified atom stereocenters. The van der Waals surface area contributed by atoms with Gasteiger partial charge in [-0.1, -0.05) is 27.7 Å². The van der Waals surface area contributed by atoms with Crippen LogP contribution < -0.4 is 4.90 Å². The number of carbonyl (C=O) groups is 1. The number of aromatic carboxylic acids is 1. The normalized spacial score (nSPS) is 11.1. The lowest BCUT2D eigenvalue weighted by Crippen LogP contribution is -2.32. The van der Waals surface area contributed by atoms with Gasteiger partial charge in [-0.05, 0) is 12.8 Å². The third-order valence-electron chi connectivity index (χ3n) is 3.38. The van der Waals surface area contributed by atoms with Crippen LogP contribution in [0.15, 0.2) is 6.20 Å². The highest BCUT2D eigenvalue weighted by Gasteiger charge is 2.21. The van der Waals surface area contributed by atoms with Crippen LogP contribution in [0.25, 0.3) is 0 Å². The molecule has 5 heteroatoms. The Morgan fingerprint density at radius 2 is 1.95 bits per heavy atom. The monoisotopic (exact) mass is 265 g/mol. The highest BCUT2D eigenvalue weighted by molar-refractivity contribution is 5.92. The molecule has 1 aromatic heterocycles. The van der Waals surface area contributed by atoms with Gasteiger partial charge in [-0.2, -0.15) is 0 Å². The van der Waals surface area contributed by atoms with Gasteiger partial charge in [0, 0.05) is 19.0 Å². The summed E-state index contributed by atoms with van der Waals surface area (Å²) in [6, 6.07) is 0.298. The third-order valence-corrected chi connectivity index (χ3v) is 3.38. The highest BCUT2D eigenvalue weighted by Crippen LogP contribution is 2.23. The largest absolute Gasteiger partial charge is 0.476 e. The number of hydrogen-bond acceptors (Lipinski definition) is 4. The fourth-order valence-electron chi connectivity index (χ4n) is 2.12. The number of carboxylic acids is 1. The van der Waals surface area contributed by atoms with Gasteiger partial charge in [0.25, 0.3) is 0 Å². The van der Waals surface area contributed by atoms with Crippen molar-refractivity contribution in [3.05, 3.63) is 17.7 Å². The smallest absolute Gasteiger partial charge is 0.356 e. The Labute approximate surface area is 114 Å². The van der Waals surface area contributed by atoms with Crippen LogP contribution in [0.1, 0.15) is 62.8 Å². The second-order valence-corrected chi connectivity index (χ2v) is 5.00. The van der Waals surface area contributed by atoms with E-state index in [1.54, 1.807) is 6.20 Å². The van der Waals surface area contributed by atoms with Gasteiger partial charge in [0.05, 0.1) is 11.9 Å². The second kappa shape index (κ2) is 6.50. The zero-order valence-corrected chi connectivity index (χ0v) is 12.3. The molecule has 0 aliphatic carbocycles. The predicted molar refractivity (Wildman–Crippen MR) is 75.9 cm³/mol. The van der Waals surface area contributed by atoms with Crippen molar-refractivity contribution in [3.63, 3.8) is 0 Å². The number of rotatable bonds is 6. The molecule has 0 bridgehead atoms. The molecule has 0 spiro atoms. The van der Waals surface area contributed by atoms with E-state index in [-0.39, 0.29) is 11.6 Å². The van der Waals surface area contributed by atoms with Gasteiger partial charge >= 0.3 is 5.97 Å². The zero-order valence-electron chi connectivity index (χ0n) is 12.3. The molecular formula is C14H23N3O2. The Hall–Kier alpha value is -1.65. The van der Waals surface area contributed by atoms with Crippen molar-refractivity contribution in [2.75, 3.05) is 11.9 Å². The minimum absolute atomic E-state index is 0.0908. The van der Waals surface area contributed by atoms with Crippen LogP contribution in [0.3, 0.4) is 0 Å². The Morgan fingerprint density at radius 1 is 1.37 bits per heavy atom. The number of hydrogen-bond donors (Lipinski definition) is 1. The minimum Gasteiger partial charge on any atom is -0.476 e. The molecule has 19 heavy (non-hydrogen) atoms. The van der Waals surface area contributed by atoms with E-state index in [0.29, 0.717) is 17.6 Å². The van der Waals surface area contributed by atoms with Gasteiger partial charge in [0.1, 0.15) is 5.82 Å². The van der Waals surface area contributed by atoms with E-state index in [4.69, 9.17) is 0 Å². The molecular weight excluding hydrogens is 242 g/mol. The first kappa shape index (κ1) is 15.4. The van der Waals surface area contributed by atoms with E-state index in [9.17, 15) is 9.90 Å². The van der Waals surface area contributed by atoms with Crippen molar-refractivity contribution in [1.82, 2.24) is 9.97 Å². The maximum absolute atomic E-state index is 11.4. The summed E-state index contributed by atoms with van der Waals surface area (Å²) in [6.45, 7) is 8.08. The summed E-state index contributed by atoms with van der Waals surface area (Å²) in [7, 11) is 1.90. The maximum Gasteiger partial charge on any atom is 0.356 e. The van der Waals surface area contributed by atoms with Crippen molar-refractivity contribution < 1.29 is 9.90 Å². The van der Waals surface area contributed by atoms with Crippen molar-refractivity contribution in [3.8, 4) is 0 Å². The van der Waals surface area contributed by atoms with Gasteiger partial charge in [0.2, 0.25) is 0 Å². The molecule has 0 saturated carbocycles. The van der Waals surface area contributed by atoms with Crippen LogP contribution in [0, 0.1) is 0 Å². The first-order chi connectivity index (χ1) is 8.92. The Morgan fingerprint density at radius 3 is 2.37 bits per heavy atom. The first-order valence-electron chi connectivity index (χ1n) is 6.75. The molecule has 0 amide bonds. The summed E-state index contributed by atoms with van der Waals surface area (Å²) in [4.78, 5) is 21.8. The lowest BCUT2D eigenvalue weighted by molar-refractivity contribution is 0.0690. The summed E-state index contributed by atoms with van der Waals surface area (Å²) < 4.78 is 0. The summed E-state index contributed by atoms with van der Waals surface area (Å²) in [5.41, 5.74) is 0.679. The Balaban J connectivity index is 3.23. The molecule has 1 aromatic rings. The molecule has 0 aliphatic heterocycles. The molecule has 1 heterocycles. The number of nitrogens with zero attached hydrogens (tertiary/aromatic N) is 3.